The molecule has 4 rings (SSSR count). The highest BCUT2D eigenvalue weighted by Crippen LogP contribution is 2.33. The lowest BCUT2D eigenvalue weighted by atomic mass is 9.95. The van der Waals surface area contributed by atoms with Crippen LogP contribution in [-0.4, -0.2) is 36.8 Å². The van der Waals surface area contributed by atoms with Crippen molar-refractivity contribution in [2.24, 2.45) is 4.99 Å². The highest BCUT2D eigenvalue weighted by molar-refractivity contribution is 14.1. The van der Waals surface area contributed by atoms with Crippen molar-refractivity contribution in [3.8, 4) is 5.75 Å². The third-order valence-corrected chi connectivity index (χ3v) is 8.16. The molecule has 8 nitrogen and oxygen atoms in total. The van der Waals surface area contributed by atoms with Gasteiger partial charge in [-0.05, 0) is 88.6 Å². The summed E-state index contributed by atoms with van der Waals surface area (Å²) in [5.41, 5.74) is 3.23. The molecular formula is C27H24BrIN2O6S. The van der Waals surface area contributed by atoms with Crippen LogP contribution in [0.2, 0.25) is 0 Å². The summed E-state index contributed by atoms with van der Waals surface area (Å²) in [6, 6.07) is 10.7. The number of fused-ring (bicyclic) bond motifs is 1. The third kappa shape index (κ3) is 5.79. The Labute approximate surface area is 244 Å². The fourth-order valence-electron chi connectivity index (χ4n) is 4.00. The number of aryl methyl sites for hydroxylation is 1. The van der Waals surface area contributed by atoms with Gasteiger partial charge >= 0.3 is 11.9 Å². The van der Waals surface area contributed by atoms with Gasteiger partial charge in [-0.15, -0.1) is 0 Å². The van der Waals surface area contributed by atoms with Gasteiger partial charge in [0.15, 0.2) is 11.4 Å². The second-order valence-electron chi connectivity index (χ2n) is 8.39. The van der Waals surface area contributed by atoms with E-state index in [1.165, 1.54) is 18.4 Å². The van der Waals surface area contributed by atoms with Gasteiger partial charge in [0.2, 0.25) is 0 Å². The van der Waals surface area contributed by atoms with Gasteiger partial charge in [-0.1, -0.05) is 41.2 Å². The number of thiazole rings is 1. The summed E-state index contributed by atoms with van der Waals surface area (Å²) < 4.78 is 19.0. The van der Waals surface area contributed by atoms with E-state index in [1.807, 2.05) is 37.3 Å². The Morgan fingerprint density at radius 2 is 1.92 bits per heavy atom. The number of allylic oxidation sites excluding steroid dienone is 1. The summed E-state index contributed by atoms with van der Waals surface area (Å²) in [7, 11) is 1.30. The summed E-state index contributed by atoms with van der Waals surface area (Å²) >= 11 is 6.86. The first-order valence-corrected chi connectivity index (χ1v) is 14.3. The van der Waals surface area contributed by atoms with Crippen LogP contribution in [-0.2, 0) is 19.1 Å². The van der Waals surface area contributed by atoms with Crippen LogP contribution < -0.4 is 19.6 Å². The van der Waals surface area contributed by atoms with Crippen LogP contribution in [0.25, 0.3) is 6.08 Å². The zero-order valence-corrected chi connectivity index (χ0v) is 25.6. The maximum Gasteiger partial charge on any atom is 0.343 e. The first-order valence-electron chi connectivity index (χ1n) is 11.6. The SMILES string of the molecule is CCOC(=O)C1=C(C)N=c2s/c(=C/c3cc(Br)c(OCC(=O)OC)c(I)c3)c(=O)n2[C@H]1c1ccc(C)cc1. The number of benzene rings is 2. The second-order valence-corrected chi connectivity index (χ2v) is 11.4. The normalized spacial score (nSPS) is 15.1. The molecule has 2 heterocycles. The lowest BCUT2D eigenvalue weighted by Gasteiger charge is -2.24. The average molecular weight is 711 g/mol. The third-order valence-electron chi connectivity index (χ3n) is 5.79. The fourth-order valence-corrected chi connectivity index (χ4v) is 6.81. The molecule has 1 aliphatic rings. The molecule has 1 aromatic heterocycles. The van der Waals surface area contributed by atoms with Gasteiger partial charge < -0.3 is 14.2 Å². The maximum absolute atomic E-state index is 13.8. The zero-order valence-electron chi connectivity index (χ0n) is 21.0. The molecular weight excluding hydrogens is 687 g/mol. The van der Waals surface area contributed by atoms with E-state index in [9.17, 15) is 14.4 Å². The molecule has 38 heavy (non-hydrogen) atoms. The standard InChI is InChI=1S/C27H24BrIN2O6S/c1-5-36-26(34)22-15(3)30-27-31(23(22)17-8-6-14(2)7-9-17)25(33)20(38-27)12-16-10-18(28)24(19(29)11-16)37-13-21(32)35-4/h6-12,23H,5,13H2,1-4H3/b20-12+/t23-/m0/s1. The lowest BCUT2D eigenvalue weighted by Crippen LogP contribution is -2.39. The van der Waals surface area contributed by atoms with Crippen LogP contribution in [0.4, 0.5) is 0 Å². The number of rotatable bonds is 7. The van der Waals surface area contributed by atoms with Gasteiger partial charge in [-0.3, -0.25) is 9.36 Å². The van der Waals surface area contributed by atoms with Gasteiger partial charge in [0, 0.05) is 0 Å². The van der Waals surface area contributed by atoms with E-state index in [1.54, 1.807) is 30.6 Å². The van der Waals surface area contributed by atoms with Crippen molar-refractivity contribution in [1.82, 2.24) is 4.57 Å². The molecule has 198 valence electrons. The Balaban J connectivity index is 1.83. The number of halogens is 2. The molecule has 2 aromatic carbocycles. The molecule has 0 amide bonds. The molecule has 0 unspecified atom stereocenters. The Bertz CT molecular complexity index is 1600. The molecule has 3 aromatic rings. The van der Waals surface area contributed by atoms with E-state index in [0.717, 1.165) is 20.3 Å². The first kappa shape index (κ1) is 28.2. The highest BCUT2D eigenvalue weighted by Gasteiger charge is 2.33. The van der Waals surface area contributed by atoms with E-state index in [0.29, 0.717) is 30.8 Å². The van der Waals surface area contributed by atoms with E-state index in [-0.39, 0.29) is 18.8 Å². The minimum atomic E-state index is -0.658. The minimum Gasteiger partial charge on any atom is -0.480 e. The first-order chi connectivity index (χ1) is 18.1. The van der Waals surface area contributed by atoms with E-state index in [4.69, 9.17) is 9.47 Å². The van der Waals surface area contributed by atoms with Crippen molar-refractivity contribution in [2.45, 2.75) is 26.8 Å². The number of carbonyl (C=O) groups excluding carboxylic acids is 2. The number of hydrogen-bond donors (Lipinski definition) is 0. The van der Waals surface area contributed by atoms with Gasteiger partial charge in [0.25, 0.3) is 5.56 Å². The number of methoxy groups -OCH3 is 1. The Kier molecular flexibility index (Phi) is 8.89. The molecule has 0 bridgehead atoms. The van der Waals surface area contributed by atoms with Crippen LogP contribution in [0.3, 0.4) is 0 Å². The zero-order chi connectivity index (χ0) is 27.6. The Morgan fingerprint density at radius 1 is 1.21 bits per heavy atom. The Hall–Kier alpha value is -2.77. The average Bonchev–Trinajstić information content (AvgIpc) is 3.17. The summed E-state index contributed by atoms with van der Waals surface area (Å²) in [6.45, 7) is 5.48. The highest BCUT2D eigenvalue weighted by atomic mass is 127. The van der Waals surface area contributed by atoms with Gasteiger partial charge in [-0.2, -0.15) is 0 Å². The predicted molar refractivity (Wildman–Crippen MR) is 156 cm³/mol. The van der Waals surface area contributed by atoms with Crippen LogP contribution >= 0.6 is 49.9 Å². The predicted octanol–water partition coefficient (Wildman–Crippen LogP) is 4.03. The monoisotopic (exact) mass is 710 g/mol. The van der Waals surface area contributed by atoms with Crippen LogP contribution in [0, 0.1) is 10.5 Å². The molecule has 1 aliphatic heterocycles. The lowest BCUT2D eigenvalue weighted by molar-refractivity contribution is -0.143. The number of hydrogen-bond acceptors (Lipinski definition) is 8. The summed E-state index contributed by atoms with van der Waals surface area (Å²) in [4.78, 5) is 43.3. The van der Waals surface area contributed by atoms with Crippen LogP contribution in [0.15, 0.2) is 61.9 Å². The van der Waals surface area contributed by atoms with Gasteiger partial charge in [0.1, 0.15) is 5.75 Å². The van der Waals surface area contributed by atoms with Gasteiger partial charge in [0.05, 0.1) is 43.6 Å². The molecule has 0 radical (unpaired) electrons. The number of esters is 2. The molecule has 1 atom stereocenters. The van der Waals surface area contributed by atoms with Crippen molar-refractivity contribution in [2.75, 3.05) is 20.3 Å². The molecule has 0 N–H and O–H groups in total. The minimum absolute atomic E-state index is 0.216. The smallest absolute Gasteiger partial charge is 0.343 e. The molecule has 0 saturated carbocycles. The van der Waals surface area contributed by atoms with Crippen molar-refractivity contribution in [3.63, 3.8) is 0 Å². The van der Waals surface area contributed by atoms with Crippen LogP contribution in [0.5, 0.6) is 5.75 Å². The number of nitrogens with zero attached hydrogens (tertiary/aromatic N) is 2. The molecule has 0 spiro atoms. The number of ether oxygens (including phenoxy) is 3. The van der Waals surface area contributed by atoms with Crippen molar-refractivity contribution >= 4 is 67.9 Å². The molecule has 0 aliphatic carbocycles. The fraction of sp³-hybridized carbons (Fsp3) is 0.259. The summed E-state index contributed by atoms with van der Waals surface area (Å²) in [6.07, 6.45) is 1.77. The van der Waals surface area contributed by atoms with Crippen molar-refractivity contribution in [3.05, 3.63) is 92.1 Å². The maximum atomic E-state index is 13.8. The second kappa shape index (κ2) is 12.0. The molecule has 0 saturated heterocycles. The van der Waals surface area contributed by atoms with E-state index in [2.05, 4.69) is 48.3 Å². The summed E-state index contributed by atoms with van der Waals surface area (Å²) in [5.74, 6) is -0.475. The van der Waals surface area contributed by atoms with Crippen LogP contribution in [0.1, 0.15) is 36.6 Å². The van der Waals surface area contributed by atoms with E-state index < -0.39 is 18.0 Å². The van der Waals surface area contributed by atoms with Gasteiger partial charge in [-0.25, -0.2) is 14.6 Å². The van der Waals surface area contributed by atoms with E-state index >= 15 is 0 Å². The molecule has 0 fully saturated rings. The number of aromatic nitrogens is 1. The Morgan fingerprint density at radius 3 is 2.55 bits per heavy atom. The quantitative estimate of drug-likeness (QED) is 0.272. The number of carbonyl (C=O) groups is 2. The van der Waals surface area contributed by atoms with Crippen molar-refractivity contribution < 1.29 is 23.8 Å². The summed E-state index contributed by atoms with van der Waals surface area (Å²) in [5, 5.41) is 0. The topological polar surface area (TPSA) is 96.2 Å². The van der Waals surface area contributed by atoms with Crippen molar-refractivity contribution in [1.29, 1.82) is 0 Å². The largest absolute Gasteiger partial charge is 0.480 e. The molecule has 11 heteroatoms.